The zero-order chi connectivity index (χ0) is 21.8. The van der Waals surface area contributed by atoms with Crippen LogP contribution in [0.2, 0.25) is 0 Å². The Bertz CT molecular complexity index is 961. The van der Waals surface area contributed by atoms with Crippen molar-refractivity contribution in [2.24, 2.45) is 5.73 Å². The molecule has 0 aliphatic carbocycles. The van der Waals surface area contributed by atoms with Gasteiger partial charge >= 0.3 is 5.97 Å². The van der Waals surface area contributed by atoms with Crippen molar-refractivity contribution in [3.05, 3.63) is 64.7 Å². The highest BCUT2D eigenvalue weighted by Crippen LogP contribution is 2.41. The number of hydrogen-bond acceptors (Lipinski definition) is 4. The van der Waals surface area contributed by atoms with Gasteiger partial charge in [0.2, 0.25) is 5.91 Å². The summed E-state index contributed by atoms with van der Waals surface area (Å²) < 4.78 is 6.01. The molecular formula is C22H23BrN2O5. The van der Waals surface area contributed by atoms with Crippen LogP contribution in [0.4, 0.5) is 0 Å². The summed E-state index contributed by atoms with van der Waals surface area (Å²) in [6.07, 6.45) is -0.293. The number of amides is 2. The molecule has 0 spiro atoms. The lowest BCUT2D eigenvalue weighted by Gasteiger charge is -2.29. The SMILES string of the molecule is CC1c2c(OCc3ccc(CBr)cc3)cccc2C(=O)N1C(CCC(=O)O)C(N)=O. The fourth-order valence-electron chi connectivity index (χ4n) is 3.72. The van der Waals surface area contributed by atoms with Crippen LogP contribution in [0.25, 0.3) is 0 Å². The lowest BCUT2D eigenvalue weighted by Crippen LogP contribution is -2.46. The second kappa shape index (κ2) is 9.30. The molecular weight excluding hydrogens is 452 g/mol. The average Bonchev–Trinajstić information content (AvgIpc) is 2.98. The van der Waals surface area contributed by atoms with Crippen molar-refractivity contribution in [3.63, 3.8) is 0 Å². The van der Waals surface area contributed by atoms with E-state index in [1.807, 2.05) is 24.3 Å². The Balaban J connectivity index is 1.83. The first-order valence-corrected chi connectivity index (χ1v) is 10.7. The molecule has 30 heavy (non-hydrogen) atoms. The molecule has 0 saturated carbocycles. The molecule has 3 N–H and O–H groups in total. The lowest BCUT2D eigenvalue weighted by atomic mass is 10.0. The van der Waals surface area contributed by atoms with Crippen LogP contribution in [0.5, 0.6) is 5.75 Å². The van der Waals surface area contributed by atoms with E-state index in [1.165, 1.54) is 4.90 Å². The summed E-state index contributed by atoms with van der Waals surface area (Å²) in [7, 11) is 0. The largest absolute Gasteiger partial charge is 0.489 e. The Kier molecular flexibility index (Phi) is 6.77. The van der Waals surface area contributed by atoms with Crippen molar-refractivity contribution in [3.8, 4) is 5.75 Å². The molecule has 8 heteroatoms. The van der Waals surface area contributed by atoms with E-state index in [2.05, 4.69) is 15.9 Å². The van der Waals surface area contributed by atoms with Crippen LogP contribution in [-0.4, -0.2) is 33.8 Å². The number of alkyl halides is 1. The summed E-state index contributed by atoms with van der Waals surface area (Å²) in [5.74, 6) is -1.56. The molecule has 0 saturated heterocycles. The summed E-state index contributed by atoms with van der Waals surface area (Å²) in [5, 5.41) is 9.75. The molecule has 0 radical (unpaired) electrons. The zero-order valence-electron chi connectivity index (χ0n) is 16.5. The van der Waals surface area contributed by atoms with Gasteiger partial charge < -0.3 is 20.5 Å². The number of halogens is 1. The van der Waals surface area contributed by atoms with Crippen LogP contribution in [-0.2, 0) is 21.5 Å². The number of carboxylic acid groups (broad SMARTS) is 1. The Labute approximate surface area is 182 Å². The molecule has 1 aliphatic heterocycles. The maximum Gasteiger partial charge on any atom is 0.303 e. The van der Waals surface area contributed by atoms with Gasteiger partial charge in [-0.25, -0.2) is 0 Å². The van der Waals surface area contributed by atoms with Crippen molar-refractivity contribution in [2.75, 3.05) is 0 Å². The standard InChI is InChI=1S/C22H23BrN2O5/c1-13-20-16(22(29)25(13)17(21(24)28)9-10-19(26)27)3-2-4-18(20)30-12-15-7-5-14(11-23)6-8-15/h2-8,13,17H,9-12H2,1H3,(H2,24,28)(H,26,27). The highest BCUT2D eigenvalue weighted by Gasteiger charge is 2.42. The number of carbonyl (C=O) groups is 3. The number of carboxylic acids is 1. The first-order chi connectivity index (χ1) is 14.3. The van der Waals surface area contributed by atoms with Gasteiger partial charge in [-0.15, -0.1) is 0 Å². The highest BCUT2D eigenvalue weighted by atomic mass is 79.9. The number of nitrogens with two attached hydrogens (primary N) is 1. The lowest BCUT2D eigenvalue weighted by molar-refractivity contribution is -0.137. The number of nitrogens with zero attached hydrogens (tertiary/aromatic N) is 1. The highest BCUT2D eigenvalue weighted by molar-refractivity contribution is 9.08. The summed E-state index contributed by atoms with van der Waals surface area (Å²) in [5.41, 5.74) is 8.77. The van der Waals surface area contributed by atoms with Crippen LogP contribution < -0.4 is 10.5 Å². The third kappa shape index (κ3) is 4.48. The van der Waals surface area contributed by atoms with E-state index in [1.54, 1.807) is 25.1 Å². The number of rotatable bonds is 9. The average molecular weight is 475 g/mol. The van der Waals surface area contributed by atoms with E-state index in [9.17, 15) is 14.4 Å². The van der Waals surface area contributed by atoms with Crippen LogP contribution in [0, 0.1) is 0 Å². The van der Waals surface area contributed by atoms with Crippen LogP contribution in [0.1, 0.15) is 52.9 Å². The van der Waals surface area contributed by atoms with Gasteiger partial charge in [-0.05, 0) is 36.6 Å². The van der Waals surface area contributed by atoms with Gasteiger partial charge in [0.1, 0.15) is 18.4 Å². The monoisotopic (exact) mass is 474 g/mol. The van der Waals surface area contributed by atoms with E-state index in [0.29, 0.717) is 23.5 Å². The molecule has 2 amide bonds. The molecule has 158 valence electrons. The van der Waals surface area contributed by atoms with E-state index in [0.717, 1.165) is 16.5 Å². The quantitative estimate of drug-likeness (QED) is 0.541. The molecule has 2 aromatic rings. The molecule has 2 unspecified atom stereocenters. The number of carbonyl (C=O) groups excluding carboxylic acids is 2. The molecule has 0 fully saturated rings. The van der Waals surface area contributed by atoms with Gasteiger partial charge in [-0.1, -0.05) is 46.3 Å². The molecule has 0 bridgehead atoms. The van der Waals surface area contributed by atoms with Gasteiger partial charge in [-0.3, -0.25) is 14.4 Å². The number of aliphatic carboxylic acids is 1. The molecule has 2 atom stereocenters. The maximum absolute atomic E-state index is 13.0. The van der Waals surface area contributed by atoms with Crippen molar-refractivity contribution in [1.29, 1.82) is 0 Å². The molecule has 0 aromatic heterocycles. The van der Waals surface area contributed by atoms with Gasteiger partial charge in [0.15, 0.2) is 0 Å². The Morgan fingerprint density at radius 2 is 1.87 bits per heavy atom. The van der Waals surface area contributed by atoms with E-state index in [-0.39, 0.29) is 18.7 Å². The summed E-state index contributed by atoms with van der Waals surface area (Å²) in [4.78, 5) is 37.3. The fourth-order valence-corrected chi connectivity index (χ4v) is 4.09. The minimum absolute atomic E-state index is 0.0369. The normalized spacial score (nSPS) is 16.3. The Morgan fingerprint density at radius 3 is 2.47 bits per heavy atom. The van der Waals surface area contributed by atoms with Gasteiger partial charge in [0.05, 0.1) is 6.04 Å². The topological polar surface area (TPSA) is 110 Å². The van der Waals surface area contributed by atoms with Crippen molar-refractivity contribution in [2.45, 2.75) is 43.8 Å². The van der Waals surface area contributed by atoms with Crippen LogP contribution in [0.3, 0.4) is 0 Å². The summed E-state index contributed by atoms with van der Waals surface area (Å²) >= 11 is 3.42. The first kappa shape index (κ1) is 21.8. The van der Waals surface area contributed by atoms with Crippen molar-refractivity contribution >= 4 is 33.7 Å². The van der Waals surface area contributed by atoms with E-state index >= 15 is 0 Å². The number of benzene rings is 2. The second-order valence-electron chi connectivity index (χ2n) is 7.20. The molecule has 7 nitrogen and oxygen atoms in total. The van der Waals surface area contributed by atoms with Crippen LogP contribution in [0.15, 0.2) is 42.5 Å². The predicted molar refractivity (Wildman–Crippen MR) is 114 cm³/mol. The van der Waals surface area contributed by atoms with Gasteiger partial charge in [-0.2, -0.15) is 0 Å². The molecule has 1 aliphatic rings. The summed E-state index contributed by atoms with van der Waals surface area (Å²) in [6.45, 7) is 2.12. The predicted octanol–water partition coefficient (Wildman–Crippen LogP) is 3.40. The summed E-state index contributed by atoms with van der Waals surface area (Å²) in [6, 6.07) is 11.7. The number of ether oxygens (including phenoxy) is 1. The molecule has 1 heterocycles. The minimum Gasteiger partial charge on any atom is -0.489 e. The Hall–Kier alpha value is -2.87. The number of fused-ring (bicyclic) bond motifs is 1. The van der Waals surface area contributed by atoms with E-state index in [4.69, 9.17) is 15.6 Å². The van der Waals surface area contributed by atoms with Crippen LogP contribution >= 0.6 is 15.9 Å². The maximum atomic E-state index is 13.0. The number of primary amides is 1. The molecule has 2 aromatic carbocycles. The third-order valence-corrected chi connectivity index (χ3v) is 5.88. The minimum atomic E-state index is -1.05. The Morgan fingerprint density at radius 1 is 1.20 bits per heavy atom. The third-order valence-electron chi connectivity index (χ3n) is 5.23. The molecule has 3 rings (SSSR count). The van der Waals surface area contributed by atoms with E-state index < -0.39 is 24.0 Å². The van der Waals surface area contributed by atoms with Crippen molar-refractivity contribution < 1.29 is 24.2 Å². The van der Waals surface area contributed by atoms with Gasteiger partial charge in [0, 0.05) is 22.9 Å². The fraction of sp³-hybridized carbons (Fsp3) is 0.318. The number of hydrogen-bond donors (Lipinski definition) is 2. The van der Waals surface area contributed by atoms with Gasteiger partial charge in [0.25, 0.3) is 5.91 Å². The van der Waals surface area contributed by atoms with Crippen molar-refractivity contribution in [1.82, 2.24) is 4.90 Å². The smallest absolute Gasteiger partial charge is 0.303 e. The first-order valence-electron chi connectivity index (χ1n) is 9.56. The second-order valence-corrected chi connectivity index (χ2v) is 7.76. The zero-order valence-corrected chi connectivity index (χ0v) is 18.1.